The van der Waals surface area contributed by atoms with E-state index in [2.05, 4.69) is 52.9 Å². The van der Waals surface area contributed by atoms with Crippen LogP contribution >= 0.6 is 11.6 Å². The highest BCUT2D eigenvalue weighted by molar-refractivity contribution is 6.29. The summed E-state index contributed by atoms with van der Waals surface area (Å²) in [4.78, 5) is 7.57. The van der Waals surface area contributed by atoms with Crippen LogP contribution in [0.25, 0.3) is 33.4 Å². The van der Waals surface area contributed by atoms with Gasteiger partial charge in [0.15, 0.2) is 0 Å². The van der Waals surface area contributed by atoms with Crippen LogP contribution in [0.15, 0.2) is 49.4 Å². The van der Waals surface area contributed by atoms with Crippen LogP contribution < -0.4 is 5.32 Å². The van der Waals surface area contributed by atoms with Crippen molar-refractivity contribution in [1.29, 1.82) is 0 Å². The summed E-state index contributed by atoms with van der Waals surface area (Å²) < 4.78 is 1.89. The number of nitrogens with zero attached hydrogens (tertiary/aromatic N) is 3. The SMILES string of the molecule is C=C(NC(CCC)CCC)c1cnn2ccc(-c3c[nH]c4nc(Cl)ccc34)cc12.CC. The molecule has 4 heterocycles. The van der Waals surface area contributed by atoms with Crippen molar-refractivity contribution in [3.63, 3.8) is 0 Å². The minimum atomic E-state index is 0.445. The molecule has 0 fully saturated rings. The van der Waals surface area contributed by atoms with E-state index in [1.165, 1.54) is 0 Å². The van der Waals surface area contributed by atoms with Gasteiger partial charge in [0, 0.05) is 40.6 Å². The molecule has 0 unspecified atom stereocenters. The van der Waals surface area contributed by atoms with Gasteiger partial charge in [0.25, 0.3) is 0 Å². The second-order valence-electron chi connectivity index (χ2n) is 7.43. The van der Waals surface area contributed by atoms with Crippen molar-refractivity contribution < 1.29 is 0 Å². The second kappa shape index (κ2) is 10.5. The molecule has 0 saturated heterocycles. The number of pyridine rings is 2. The van der Waals surface area contributed by atoms with Gasteiger partial charge in [0.1, 0.15) is 10.8 Å². The molecular formula is C25H32ClN5. The Balaban J connectivity index is 0.00000132. The van der Waals surface area contributed by atoms with E-state index in [-0.39, 0.29) is 0 Å². The first kappa shape index (κ1) is 22.9. The Morgan fingerprint density at radius 2 is 1.94 bits per heavy atom. The highest BCUT2D eigenvalue weighted by Crippen LogP contribution is 2.30. The van der Waals surface area contributed by atoms with E-state index in [4.69, 9.17) is 11.6 Å². The third-order valence-electron chi connectivity index (χ3n) is 5.31. The van der Waals surface area contributed by atoms with Crippen molar-refractivity contribution in [3.8, 4) is 11.1 Å². The lowest BCUT2D eigenvalue weighted by Gasteiger charge is -2.20. The molecule has 0 spiro atoms. The van der Waals surface area contributed by atoms with Crippen molar-refractivity contribution in [3.05, 3.63) is 60.2 Å². The molecule has 2 N–H and O–H groups in total. The van der Waals surface area contributed by atoms with Gasteiger partial charge < -0.3 is 10.3 Å². The molecule has 0 atom stereocenters. The van der Waals surface area contributed by atoms with Crippen LogP contribution in [-0.4, -0.2) is 25.6 Å². The maximum absolute atomic E-state index is 6.02. The number of hydrogen-bond acceptors (Lipinski definition) is 3. The Labute approximate surface area is 189 Å². The highest BCUT2D eigenvalue weighted by Gasteiger charge is 2.14. The van der Waals surface area contributed by atoms with E-state index in [9.17, 15) is 0 Å². The molecule has 0 bridgehead atoms. The van der Waals surface area contributed by atoms with Crippen LogP contribution in [0.2, 0.25) is 5.15 Å². The van der Waals surface area contributed by atoms with Gasteiger partial charge in [0.05, 0.1) is 11.7 Å². The van der Waals surface area contributed by atoms with Gasteiger partial charge >= 0.3 is 0 Å². The zero-order valence-corrected chi connectivity index (χ0v) is 19.6. The Morgan fingerprint density at radius 1 is 1.19 bits per heavy atom. The molecule has 6 heteroatoms. The Morgan fingerprint density at radius 3 is 2.65 bits per heavy atom. The molecule has 0 radical (unpaired) electrons. The summed E-state index contributed by atoms with van der Waals surface area (Å²) in [6.45, 7) is 12.7. The van der Waals surface area contributed by atoms with E-state index < -0.39 is 0 Å². The number of nitrogens with one attached hydrogen (secondary N) is 2. The molecule has 0 saturated carbocycles. The smallest absolute Gasteiger partial charge is 0.139 e. The number of aromatic amines is 1. The van der Waals surface area contributed by atoms with Crippen LogP contribution in [0.5, 0.6) is 0 Å². The van der Waals surface area contributed by atoms with Crippen molar-refractivity contribution in [1.82, 2.24) is 24.9 Å². The first-order valence-electron chi connectivity index (χ1n) is 11.2. The number of hydrogen-bond donors (Lipinski definition) is 2. The van der Waals surface area contributed by atoms with Crippen LogP contribution in [0, 0.1) is 0 Å². The predicted octanol–water partition coefficient (Wildman–Crippen LogP) is 7.09. The summed E-state index contributed by atoms with van der Waals surface area (Å²) in [5.41, 5.74) is 5.96. The monoisotopic (exact) mass is 437 g/mol. The van der Waals surface area contributed by atoms with Gasteiger partial charge in [-0.05, 0) is 42.7 Å². The Bertz CT molecular complexity index is 1150. The summed E-state index contributed by atoms with van der Waals surface area (Å²) in [6.07, 6.45) is 10.4. The summed E-state index contributed by atoms with van der Waals surface area (Å²) in [7, 11) is 0. The molecule has 31 heavy (non-hydrogen) atoms. The van der Waals surface area contributed by atoms with Crippen molar-refractivity contribution in [2.75, 3.05) is 0 Å². The fraction of sp³-hybridized carbons (Fsp3) is 0.360. The number of fused-ring (bicyclic) bond motifs is 2. The molecule has 0 aliphatic heterocycles. The molecule has 4 aromatic rings. The van der Waals surface area contributed by atoms with Crippen LogP contribution in [0.3, 0.4) is 0 Å². The van der Waals surface area contributed by atoms with Gasteiger partial charge in [-0.15, -0.1) is 0 Å². The van der Waals surface area contributed by atoms with Gasteiger partial charge in [-0.25, -0.2) is 9.50 Å². The molecule has 4 rings (SSSR count). The van der Waals surface area contributed by atoms with Crippen molar-refractivity contribution in [2.24, 2.45) is 0 Å². The molecular weight excluding hydrogens is 406 g/mol. The quantitative estimate of drug-likeness (QED) is 0.289. The standard InChI is InChI=1S/C23H26ClN5.C2H6/c1-4-6-17(7-5-2)27-15(3)19-14-26-29-11-10-16(12-21(19)29)20-13-25-23-18(20)8-9-22(24)28-23;1-2/h8-14,17,27H,3-7H2,1-2H3,(H,25,28);1-2H3. The minimum absolute atomic E-state index is 0.445. The third kappa shape index (κ3) is 4.93. The lowest BCUT2D eigenvalue weighted by Crippen LogP contribution is -2.27. The summed E-state index contributed by atoms with van der Waals surface area (Å²) >= 11 is 6.02. The average molecular weight is 438 g/mol. The van der Waals surface area contributed by atoms with Crippen LogP contribution in [-0.2, 0) is 0 Å². The topological polar surface area (TPSA) is 58.0 Å². The second-order valence-corrected chi connectivity index (χ2v) is 7.82. The summed E-state index contributed by atoms with van der Waals surface area (Å²) in [5, 5.41) is 9.66. The average Bonchev–Trinajstić information content (AvgIpc) is 3.38. The normalized spacial score (nSPS) is 11.0. The minimum Gasteiger partial charge on any atom is -0.382 e. The molecule has 0 aliphatic carbocycles. The van der Waals surface area contributed by atoms with Gasteiger partial charge in [-0.3, -0.25) is 0 Å². The fourth-order valence-electron chi connectivity index (χ4n) is 3.91. The Hall–Kier alpha value is -2.79. The third-order valence-corrected chi connectivity index (χ3v) is 5.53. The molecule has 0 aromatic carbocycles. The molecule has 0 aliphatic rings. The van der Waals surface area contributed by atoms with Crippen molar-refractivity contribution in [2.45, 2.75) is 59.4 Å². The summed E-state index contributed by atoms with van der Waals surface area (Å²) in [5.74, 6) is 0. The van der Waals surface area contributed by atoms with Gasteiger partial charge in [-0.2, -0.15) is 5.10 Å². The largest absolute Gasteiger partial charge is 0.382 e. The summed E-state index contributed by atoms with van der Waals surface area (Å²) in [6, 6.07) is 8.48. The van der Waals surface area contributed by atoms with E-state index in [0.29, 0.717) is 11.2 Å². The maximum Gasteiger partial charge on any atom is 0.139 e. The number of H-pyrrole nitrogens is 1. The van der Waals surface area contributed by atoms with E-state index in [0.717, 1.165) is 64.6 Å². The molecule has 4 aromatic heterocycles. The zero-order chi connectivity index (χ0) is 22.4. The van der Waals surface area contributed by atoms with E-state index >= 15 is 0 Å². The maximum atomic E-state index is 6.02. The predicted molar refractivity (Wildman–Crippen MR) is 132 cm³/mol. The first-order chi connectivity index (χ1) is 15.1. The van der Waals surface area contributed by atoms with Gasteiger partial charge in [-0.1, -0.05) is 58.7 Å². The number of halogens is 1. The van der Waals surface area contributed by atoms with Crippen LogP contribution in [0.1, 0.15) is 58.9 Å². The van der Waals surface area contributed by atoms with Crippen molar-refractivity contribution >= 4 is 33.8 Å². The van der Waals surface area contributed by atoms with E-state index in [1.54, 1.807) is 0 Å². The number of aromatic nitrogens is 4. The zero-order valence-electron chi connectivity index (χ0n) is 18.9. The Kier molecular flexibility index (Phi) is 7.75. The highest BCUT2D eigenvalue weighted by atomic mass is 35.5. The fourth-order valence-corrected chi connectivity index (χ4v) is 4.06. The molecule has 5 nitrogen and oxygen atoms in total. The first-order valence-corrected chi connectivity index (χ1v) is 11.6. The molecule has 164 valence electrons. The number of rotatable bonds is 8. The lowest BCUT2D eigenvalue weighted by atomic mass is 10.0. The van der Waals surface area contributed by atoms with E-state index in [1.807, 2.05) is 49.1 Å². The van der Waals surface area contributed by atoms with Gasteiger partial charge in [0.2, 0.25) is 0 Å². The molecule has 0 amide bonds. The lowest BCUT2D eigenvalue weighted by molar-refractivity contribution is 0.502. The van der Waals surface area contributed by atoms with Crippen LogP contribution in [0.4, 0.5) is 0 Å².